The number of hydrogen-bond donors (Lipinski definition) is 2. The number of hydrogen-bond acceptors (Lipinski definition) is 3. The van der Waals surface area contributed by atoms with Crippen molar-refractivity contribution in [2.24, 2.45) is 0 Å². The second kappa shape index (κ2) is 6.58. The van der Waals surface area contributed by atoms with Crippen LogP contribution >= 0.6 is 0 Å². The molecule has 0 aromatic heterocycles. The van der Waals surface area contributed by atoms with Crippen molar-refractivity contribution in [3.05, 3.63) is 29.8 Å². The third-order valence-electron chi connectivity index (χ3n) is 3.73. The molecular weight excluding hydrogens is 288 g/mol. The van der Waals surface area contributed by atoms with Gasteiger partial charge in [-0.2, -0.15) is 4.72 Å². The van der Waals surface area contributed by atoms with Crippen LogP contribution in [-0.2, 0) is 14.8 Å². The molecule has 1 aliphatic carbocycles. The predicted octanol–water partition coefficient (Wildman–Crippen LogP) is 1.72. The van der Waals surface area contributed by atoms with Gasteiger partial charge in [0.25, 0.3) is 0 Å². The number of benzene rings is 1. The molecule has 0 unspecified atom stereocenters. The SMILES string of the molecule is Cc1cccc(S(=O)(=O)N[C@@H](C)C(=O)NC2CCCC2)c1. The van der Waals surface area contributed by atoms with E-state index in [9.17, 15) is 13.2 Å². The molecular formula is C15H22N2O3S. The summed E-state index contributed by atoms with van der Waals surface area (Å²) in [5, 5.41) is 2.90. The fraction of sp³-hybridized carbons (Fsp3) is 0.533. The normalized spacial score (nSPS) is 17.6. The van der Waals surface area contributed by atoms with Crippen LogP contribution in [0.25, 0.3) is 0 Å². The van der Waals surface area contributed by atoms with E-state index >= 15 is 0 Å². The molecule has 116 valence electrons. The summed E-state index contributed by atoms with van der Waals surface area (Å²) in [6, 6.07) is 6.03. The molecule has 1 atom stereocenters. The van der Waals surface area contributed by atoms with Crippen molar-refractivity contribution in [3.63, 3.8) is 0 Å². The molecule has 2 N–H and O–H groups in total. The minimum Gasteiger partial charge on any atom is -0.352 e. The highest BCUT2D eigenvalue weighted by molar-refractivity contribution is 7.89. The molecule has 6 heteroatoms. The average molecular weight is 310 g/mol. The highest BCUT2D eigenvalue weighted by Crippen LogP contribution is 2.18. The topological polar surface area (TPSA) is 75.3 Å². The van der Waals surface area contributed by atoms with E-state index in [2.05, 4.69) is 10.0 Å². The smallest absolute Gasteiger partial charge is 0.241 e. The molecule has 1 saturated carbocycles. The second-order valence-corrected chi connectivity index (χ2v) is 7.36. The van der Waals surface area contributed by atoms with E-state index < -0.39 is 16.1 Å². The zero-order chi connectivity index (χ0) is 15.5. The maximum atomic E-state index is 12.2. The number of sulfonamides is 1. The molecule has 0 spiro atoms. The van der Waals surface area contributed by atoms with Crippen LogP contribution in [0, 0.1) is 6.92 Å². The molecule has 0 heterocycles. The van der Waals surface area contributed by atoms with E-state index in [4.69, 9.17) is 0 Å². The van der Waals surface area contributed by atoms with Gasteiger partial charge in [0.15, 0.2) is 0 Å². The zero-order valence-corrected chi connectivity index (χ0v) is 13.2. The quantitative estimate of drug-likeness (QED) is 0.869. The fourth-order valence-corrected chi connectivity index (χ4v) is 3.84. The lowest BCUT2D eigenvalue weighted by atomic mass is 10.2. The van der Waals surface area contributed by atoms with Gasteiger partial charge < -0.3 is 5.32 Å². The molecule has 21 heavy (non-hydrogen) atoms. The molecule has 0 aliphatic heterocycles. The Kier molecular flexibility index (Phi) is 5.00. The second-order valence-electron chi connectivity index (χ2n) is 5.65. The van der Waals surface area contributed by atoms with Crippen molar-refractivity contribution in [1.29, 1.82) is 0 Å². The lowest BCUT2D eigenvalue weighted by Gasteiger charge is -2.18. The third-order valence-corrected chi connectivity index (χ3v) is 5.26. The van der Waals surface area contributed by atoms with Gasteiger partial charge in [0.2, 0.25) is 15.9 Å². The largest absolute Gasteiger partial charge is 0.352 e. The predicted molar refractivity (Wildman–Crippen MR) is 81.4 cm³/mol. The van der Waals surface area contributed by atoms with Gasteiger partial charge in [0.1, 0.15) is 0 Å². The molecule has 0 radical (unpaired) electrons. The van der Waals surface area contributed by atoms with E-state index in [1.807, 2.05) is 13.0 Å². The lowest BCUT2D eigenvalue weighted by molar-refractivity contribution is -0.123. The zero-order valence-electron chi connectivity index (χ0n) is 12.4. The van der Waals surface area contributed by atoms with Crippen molar-refractivity contribution in [2.45, 2.75) is 56.5 Å². The Hall–Kier alpha value is -1.40. The Morgan fingerprint density at radius 2 is 1.95 bits per heavy atom. The first-order chi connectivity index (χ1) is 9.88. The van der Waals surface area contributed by atoms with Gasteiger partial charge in [-0.05, 0) is 44.4 Å². The molecule has 1 aliphatic rings. The number of nitrogens with one attached hydrogen (secondary N) is 2. The summed E-state index contributed by atoms with van der Waals surface area (Å²) in [5.74, 6) is -0.266. The van der Waals surface area contributed by atoms with Crippen LogP contribution in [0.1, 0.15) is 38.2 Å². The van der Waals surface area contributed by atoms with E-state index in [0.717, 1.165) is 31.2 Å². The van der Waals surface area contributed by atoms with Gasteiger partial charge in [-0.15, -0.1) is 0 Å². The van der Waals surface area contributed by atoms with Crippen molar-refractivity contribution in [2.75, 3.05) is 0 Å². The van der Waals surface area contributed by atoms with Crippen LogP contribution in [0.4, 0.5) is 0 Å². The molecule has 0 bridgehead atoms. The Balaban J connectivity index is 2.00. The molecule has 5 nitrogen and oxygen atoms in total. The van der Waals surface area contributed by atoms with E-state index in [-0.39, 0.29) is 16.8 Å². The van der Waals surface area contributed by atoms with Crippen LogP contribution in [0.15, 0.2) is 29.2 Å². The highest BCUT2D eigenvalue weighted by Gasteiger charge is 2.24. The maximum absolute atomic E-state index is 12.2. The van der Waals surface area contributed by atoms with Crippen LogP contribution in [0.3, 0.4) is 0 Å². The standard InChI is InChI=1S/C15H22N2O3S/c1-11-6-5-9-14(10-11)21(19,20)17-12(2)15(18)16-13-7-3-4-8-13/h5-6,9-10,12-13,17H,3-4,7-8H2,1-2H3,(H,16,18)/t12-/m0/s1. The summed E-state index contributed by atoms with van der Waals surface area (Å²) in [6.45, 7) is 3.40. The van der Waals surface area contributed by atoms with Crippen LogP contribution in [-0.4, -0.2) is 26.4 Å². The molecule has 1 amide bonds. The Morgan fingerprint density at radius 3 is 2.57 bits per heavy atom. The summed E-state index contributed by atoms with van der Waals surface area (Å²) in [6.07, 6.45) is 4.19. The van der Waals surface area contributed by atoms with Crippen molar-refractivity contribution in [3.8, 4) is 0 Å². The molecule has 0 saturated heterocycles. The number of carbonyl (C=O) groups is 1. The minimum atomic E-state index is -3.67. The van der Waals surface area contributed by atoms with E-state index in [1.54, 1.807) is 19.1 Å². The summed E-state index contributed by atoms with van der Waals surface area (Å²) < 4.78 is 26.9. The number of rotatable bonds is 5. The molecule has 1 fully saturated rings. The van der Waals surface area contributed by atoms with Gasteiger partial charge in [-0.1, -0.05) is 25.0 Å². The van der Waals surface area contributed by atoms with Crippen LogP contribution < -0.4 is 10.0 Å². The first kappa shape index (κ1) is 16.0. The van der Waals surface area contributed by atoms with Gasteiger partial charge >= 0.3 is 0 Å². The van der Waals surface area contributed by atoms with Crippen LogP contribution in [0.5, 0.6) is 0 Å². The summed E-state index contributed by atoms with van der Waals surface area (Å²) in [7, 11) is -3.67. The summed E-state index contributed by atoms with van der Waals surface area (Å²) in [4.78, 5) is 12.2. The number of aryl methyl sites for hydroxylation is 1. The Labute approximate surface area is 126 Å². The lowest BCUT2D eigenvalue weighted by Crippen LogP contribution is -2.47. The van der Waals surface area contributed by atoms with Crippen molar-refractivity contribution >= 4 is 15.9 Å². The molecule has 2 rings (SSSR count). The number of carbonyl (C=O) groups excluding carboxylic acids is 1. The minimum absolute atomic E-state index is 0.183. The van der Waals surface area contributed by atoms with Gasteiger partial charge in [-0.3, -0.25) is 4.79 Å². The highest BCUT2D eigenvalue weighted by atomic mass is 32.2. The van der Waals surface area contributed by atoms with E-state index in [1.165, 1.54) is 6.07 Å². The summed E-state index contributed by atoms with van der Waals surface area (Å²) in [5.41, 5.74) is 0.862. The number of amides is 1. The first-order valence-electron chi connectivity index (χ1n) is 7.28. The van der Waals surface area contributed by atoms with Gasteiger partial charge in [0.05, 0.1) is 10.9 Å². The molecule has 1 aromatic carbocycles. The van der Waals surface area contributed by atoms with E-state index in [0.29, 0.717) is 0 Å². The fourth-order valence-electron chi connectivity index (χ4n) is 2.53. The molecule has 1 aromatic rings. The third kappa shape index (κ3) is 4.28. The Morgan fingerprint density at radius 1 is 1.29 bits per heavy atom. The van der Waals surface area contributed by atoms with Gasteiger partial charge in [-0.25, -0.2) is 8.42 Å². The van der Waals surface area contributed by atoms with Crippen LogP contribution in [0.2, 0.25) is 0 Å². The van der Waals surface area contributed by atoms with Crippen molar-refractivity contribution < 1.29 is 13.2 Å². The van der Waals surface area contributed by atoms with Crippen molar-refractivity contribution in [1.82, 2.24) is 10.0 Å². The summed E-state index contributed by atoms with van der Waals surface area (Å²) >= 11 is 0. The Bertz CT molecular complexity index is 607. The maximum Gasteiger partial charge on any atom is 0.241 e. The van der Waals surface area contributed by atoms with Gasteiger partial charge in [0, 0.05) is 6.04 Å². The average Bonchev–Trinajstić information content (AvgIpc) is 2.91. The monoisotopic (exact) mass is 310 g/mol. The first-order valence-corrected chi connectivity index (χ1v) is 8.76.